The molecule has 0 bridgehead atoms. The second-order valence-electron chi connectivity index (χ2n) is 4.80. The van der Waals surface area contributed by atoms with E-state index >= 15 is 0 Å². The monoisotopic (exact) mass is 306 g/mol. The number of carbonyl (C=O) groups is 3. The maximum absolute atomic E-state index is 12.0. The van der Waals surface area contributed by atoms with Crippen molar-refractivity contribution < 1.29 is 24.0 Å². The van der Waals surface area contributed by atoms with Crippen LogP contribution in [0.1, 0.15) is 24.8 Å². The molecule has 2 amide bonds. The summed E-state index contributed by atoms with van der Waals surface area (Å²) in [7, 11) is 0. The van der Waals surface area contributed by atoms with Crippen molar-refractivity contribution in [3.8, 4) is 0 Å². The van der Waals surface area contributed by atoms with Crippen molar-refractivity contribution >= 4 is 23.5 Å². The summed E-state index contributed by atoms with van der Waals surface area (Å²) in [5.41, 5.74) is 0.398. The van der Waals surface area contributed by atoms with Crippen molar-refractivity contribution in [1.82, 2.24) is 5.32 Å². The molecular weight excluding hydrogens is 292 g/mol. The topological polar surface area (TPSA) is 116 Å². The summed E-state index contributed by atoms with van der Waals surface area (Å²) in [5.74, 6) is -3.75. The van der Waals surface area contributed by atoms with Crippen LogP contribution >= 0.6 is 0 Å². The molecule has 1 aromatic rings. The summed E-state index contributed by atoms with van der Waals surface area (Å²) in [6.07, 6.45) is -0.0625. The summed E-state index contributed by atoms with van der Waals surface area (Å²) in [6, 6.07) is 5.44. The van der Waals surface area contributed by atoms with E-state index in [0.717, 1.165) is 0 Å². The highest BCUT2D eigenvalue weighted by Crippen LogP contribution is 2.33. The number of nitro benzene ring substituents is 1. The zero-order valence-corrected chi connectivity index (χ0v) is 11.8. The van der Waals surface area contributed by atoms with Gasteiger partial charge in [0.05, 0.1) is 11.5 Å². The maximum atomic E-state index is 12.0. The van der Waals surface area contributed by atoms with Crippen LogP contribution in [0.2, 0.25) is 0 Å². The van der Waals surface area contributed by atoms with Gasteiger partial charge in [0.15, 0.2) is 0 Å². The fraction of sp³-hybridized carbons (Fsp3) is 0.357. The number of hydrogen-bond donors (Lipinski definition) is 1. The number of nitrogens with one attached hydrogen (secondary N) is 1. The van der Waals surface area contributed by atoms with Crippen molar-refractivity contribution in [3.05, 3.63) is 39.9 Å². The van der Waals surface area contributed by atoms with E-state index in [-0.39, 0.29) is 18.7 Å². The third-order valence-corrected chi connectivity index (χ3v) is 3.43. The Morgan fingerprint density at radius 1 is 1.36 bits per heavy atom. The Hall–Kier alpha value is -2.77. The van der Waals surface area contributed by atoms with E-state index in [1.807, 2.05) is 0 Å². The molecule has 8 heteroatoms. The van der Waals surface area contributed by atoms with Crippen LogP contribution < -0.4 is 5.32 Å². The molecule has 1 aromatic carbocycles. The number of piperidine rings is 1. The third-order valence-electron chi connectivity index (χ3n) is 3.43. The lowest BCUT2D eigenvalue weighted by atomic mass is 9.80. The first-order valence-corrected chi connectivity index (χ1v) is 6.68. The molecule has 2 unspecified atom stereocenters. The molecule has 1 saturated heterocycles. The van der Waals surface area contributed by atoms with Gasteiger partial charge in [0, 0.05) is 24.5 Å². The van der Waals surface area contributed by atoms with Crippen LogP contribution in [0.25, 0.3) is 0 Å². The second-order valence-corrected chi connectivity index (χ2v) is 4.80. The number of nitro groups is 1. The van der Waals surface area contributed by atoms with Gasteiger partial charge in [0.2, 0.25) is 11.8 Å². The summed E-state index contributed by atoms with van der Waals surface area (Å²) in [5, 5.41) is 12.8. The second kappa shape index (κ2) is 6.33. The molecular formula is C14H14N2O6. The van der Waals surface area contributed by atoms with Crippen molar-refractivity contribution in [2.75, 3.05) is 6.61 Å². The van der Waals surface area contributed by atoms with Crippen molar-refractivity contribution in [3.63, 3.8) is 0 Å². The number of hydrogen-bond acceptors (Lipinski definition) is 6. The highest BCUT2D eigenvalue weighted by Gasteiger charge is 2.42. The molecule has 1 N–H and O–H groups in total. The predicted octanol–water partition coefficient (Wildman–Crippen LogP) is 0.904. The molecule has 22 heavy (non-hydrogen) atoms. The number of benzene rings is 1. The number of rotatable bonds is 4. The summed E-state index contributed by atoms with van der Waals surface area (Å²) >= 11 is 0. The Morgan fingerprint density at radius 2 is 2.00 bits per heavy atom. The van der Waals surface area contributed by atoms with Crippen LogP contribution in [-0.4, -0.2) is 29.3 Å². The molecule has 2 atom stereocenters. The van der Waals surface area contributed by atoms with Crippen molar-refractivity contribution in [1.29, 1.82) is 0 Å². The molecule has 0 aromatic heterocycles. The molecule has 0 saturated carbocycles. The fourth-order valence-electron chi connectivity index (χ4n) is 2.42. The third kappa shape index (κ3) is 3.11. The molecule has 0 radical (unpaired) electrons. The average molecular weight is 306 g/mol. The molecule has 0 aliphatic carbocycles. The molecule has 116 valence electrons. The van der Waals surface area contributed by atoms with Gasteiger partial charge in [-0.1, -0.05) is 12.1 Å². The standard InChI is InChI=1S/C14H14N2O6/c1-2-22-14(19)12-10(7-11(17)15-13(12)18)8-3-5-9(6-4-8)16(20)21/h3-6,10,12H,2,7H2,1H3,(H,15,17,18). The van der Waals surface area contributed by atoms with E-state index in [1.54, 1.807) is 6.92 Å². The molecule has 8 nitrogen and oxygen atoms in total. The predicted molar refractivity (Wildman–Crippen MR) is 73.7 cm³/mol. The molecule has 1 aliphatic rings. The van der Waals surface area contributed by atoms with Gasteiger partial charge in [-0.3, -0.25) is 29.8 Å². The van der Waals surface area contributed by atoms with E-state index in [9.17, 15) is 24.5 Å². The number of carbonyl (C=O) groups excluding carboxylic acids is 3. The van der Waals surface area contributed by atoms with Crippen LogP contribution in [0.15, 0.2) is 24.3 Å². The van der Waals surface area contributed by atoms with E-state index < -0.39 is 34.5 Å². The summed E-state index contributed by atoms with van der Waals surface area (Å²) in [4.78, 5) is 45.6. The first-order chi connectivity index (χ1) is 10.4. The fourth-order valence-corrected chi connectivity index (χ4v) is 2.42. The van der Waals surface area contributed by atoms with Gasteiger partial charge in [0.1, 0.15) is 5.92 Å². The molecule has 1 aliphatic heterocycles. The Labute approximate surface area is 125 Å². The Kier molecular flexibility index (Phi) is 4.50. The van der Waals surface area contributed by atoms with E-state index in [1.165, 1.54) is 24.3 Å². The highest BCUT2D eigenvalue weighted by atomic mass is 16.6. The number of non-ortho nitro benzene ring substituents is 1. The lowest BCUT2D eigenvalue weighted by molar-refractivity contribution is -0.384. The number of nitrogens with zero attached hydrogens (tertiary/aromatic N) is 1. The van der Waals surface area contributed by atoms with Crippen LogP contribution in [0.5, 0.6) is 0 Å². The van der Waals surface area contributed by atoms with E-state index in [4.69, 9.17) is 4.74 Å². The van der Waals surface area contributed by atoms with Gasteiger partial charge in [0.25, 0.3) is 5.69 Å². The van der Waals surface area contributed by atoms with Crippen LogP contribution in [0.3, 0.4) is 0 Å². The molecule has 0 spiro atoms. The largest absolute Gasteiger partial charge is 0.465 e. The van der Waals surface area contributed by atoms with Crippen molar-refractivity contribution in [2.24, 2.45) is 5.92 Å². The van der Waals surface area contributed by atoms with Crippen LogP contribution in [-0.2, 0) is 19.1 Å². The number of imide groups is 1. The SMILES string of the molecule is CCOC(=O)C1C(=O)NC(=O)CC1c1ccc([N+](=O)[O-])cc1. The van der Waals surface area contributed by atoms with Crippen molar-refractivity contribution in [2.45, 2.75) is 19.3 Å². The van der Waals surface area contributed by atoms with Gasteiger partial charge >= 0.3 is 5.97 Å². The lowest BCUT2D eigenvalue weighted by Gasteiger charge is -2.28. The zero-order valence-electron chi connectivity index (χ0n) is 11.8. The summed E-state index contributed by atoms with van der Waals surface area (Å²) < 4.78 is 4.88. The first-order valence-electron chi connectivity index (χ1n) is 6.68. The minimum atomic E-state index is -1.14. The number of ether oxygens (including phenoxy) is 1. The molecule has 1 heterocycles. The van der Waals surface area contributed by atoms with Gasteiger partial charge in [-0.05, 0) is 12.5 Å². The minimum absolute atomic E-state index is 0.0625. The molecule has 2 rings (SSSR count). The number of esters is 1. The van der Waals surface area contributed by atoms with Gasteiger partial charge in [-0.25, -0.2) is 0 Å². The smallest absolute Gasteiger partial charge is 0.319 e. The maximum Gasteiger partial charge on any atom is 0.319 e. The van der Waals surface area contributed by atoms with E-state index in [0.29, 0.717) is 5.56 Å². The van der Waals surface area contributed by atoms with Crippen LogP contribution in [0.4, 0.5) is 5.69 Å². The Bertz CT molecular complexity index is 625. The van der Waals surface area contributed by atoms with Gasteiger partial charge in [-0.15, -0.1) is 0 Å². The first kappa shape index (κ1) is 15.6. The Morgan fingerprint density at radius 3 is 2.55 bits per heavy atom. The summed E-state index contributed by atoms with van der Waals surface area (Å²) in [6.45, 7) is 1.73. The average Bonchev–Trinajstić information content (AvgIpc) is 2.46. The van der Waals surface area contributed by atoms with Crippen LogP contribution in [0, 0.1) is 16.0 Å². The van der Waals surface area contributed by atoms with Gasteiger partial charge in [-0.2, -0.15) is 0 Å². The normalized spacial score (nSPS) is 21.1. The molecule has 1 fully saturated rings. The minimum Gasteiger partial charge on any atom is -0.465 e. The zero-order chi connectivity index (χ0) is 16.3. The highest BCUT2D eigenvalue weighted by molar-refractivity contribution is 6.08. The Balaban J connectivity index is 2.34. The quantitative estimate of drug-likeness (QED) is 0.290. The number of amides is 2. The lowest BCUT2D eigenvalue weighted by Crippen LogP contribution is -2.48. The van der Waals surface area contributed by atoms with E-state index in [2.05, 4.69) is 5.32 Å². The van der Waals surface area contributed by atoms with Gasteiger partial charge < -0.3 is 4.74 Å².